The molecular formula is C10H11N5OS. The van der Waals surface area contributed by atoms with Gasteiger partial charge in [0.25, 0.3) is 0 Å². The van der Waals surface area contributed by atoms with Crippen molar-refractivity contribution in [1.82, 2.24) is 19.7 Å². The lowest BCUT2D eigenvalue weighted by molar-refractivity contribution is -0.113. The Labute approximate surface area is 102 Å². The van der Waals surface area contributed by atoms with Gasteiger partial charge in [-0.15, -0.1) is 10.2 Å². The zero-order chi connectivity index (χ0) is 12.1. The van der Waals surface area contributed by atoms with Crippen LogP contribution in [0.25, 0.3) is 0 Å². The first kappa shape index (κ1) is 11.6. The minimum absolute atomic E-state index is 0.0794. The average molecular weight is 249 g/mol. The first-order chi connectivity index (χ1) is 8.25. The maximum Gasteiger partial charge on any atom is 0.234 e. The molecule has 0 aliphatic carbocycles. The van der Waals surface area contributed by atoms with Gasteiger partial charge in [0.15, 0.2) is 5.16 Å². The Morgan fingerprint density at radius 3 is 2.88 bits per heavy atom. The molecule has 0 aliphatic rings. The number of aryl methyl sites for hydroxylation is 1. The summed E-state index contributed by atoms with van der Waals surface area (Å²) >= 11 is 1.34. The van der Waals surface area contributed by atoms with Crippen LogP contribution >= 0.6 is 11.8 Å². The highest BCUT2D eigenvalue weighted by Gasteiger charge is 2.06. The number of amides is 1. The van der Waals surface area contributed by atoms with Crippen LogP contribution in [0.1, 0.15) is 0 Å². The maximum atomic E-state index is 11.6. The molecule has 2 heterocycles. The van der Waals surface area contributed by atoms with Gasteiger partial charge in [0.1, 0.15) is 6.33 Å². The van der Waals surface area contributed by atoms with Gasteiger partial charge in [-0.2, -0.15) is 0 Å². The minimum atomic E-state index is -0.0794. The molecule has 0 spiro atoms. The molecule has 7 heteroatoms. The van der Waals surface area contributed by atoms with Crippen LogP contribution in [0.4, 0.5) is 5.69 Å². The van der Waals surface area contributed by atoms with Gasteiger partial charge < -0.3 is 9.88 Å². The Bertz CT molecular complexity index is 498. The molecular weight excluding hydrogens is 238 g/mol. The number of hydrogen-bond donors (Lipinski definition) is 1. The van der Waals surface area contributed by atoms with Crippen LogP contribution in [0, 0.1) is 0 Å². The molecule has 0 aromatic carbocycles. The largest absolute Gasteiger partial charge is 0.325 e. The van der Waals surface area contributed by atoms with Crippen molar-refractivity contribution in [1.29, 1.82) is 0 Å². The predicted molar refractivity (Wildman–Crippen MR) is 64.6 cm³/mol. The van der Waals surface area contributed by atoms with Gasteiger partial charge in [-0.25, -0.2) is 0 Å². The van der Waals surface area contributed by atoms with Gasteiger partial charge in [0, 0.05) is 25.1 Å². The number of aromatic nitrogens is 4. The van der Waals surface area contributed by atoms with Gasteiger partial charge >= 0.3 is 0 Å². The lowest BCUT2D eigenvalue weighted by atomic mass is 10.4. The van der Waals surface area contributed by atoms with Gasteiger partial charge in [-0.1, -0.05) is 11.8 Å². The van der Waals surface area contributed by atoms with Crippen molar-refractivity contribution in [2.24, 2.45) is 7.05 Å². The average Bonchev–Trinajstić information content (AvgIpc) is 2.74. The summed E-state index contributed by atoms with van der Waals surface area (Å²) in [5.41, 5.74) is 0.739. The number of anilines is 1. The summed E-state index contributed by atoms with van der Waals surface area (Å²) in [6.07, 6.45) is 4.86. The topological polar surface area (TPSA) is 72.7 Å². The highest BCUT2D eigenvalue weighted by Crippen LogP contribution is 2.13. The first-order valence-electron chi connectivity index (χ1n) is 4.92. The second-order valence-electron chi connectivity index (χ2n) is 3.30. The van der Waals surface area contributed by atoms with Crippen molar-refractivity contribution < 1.29 is 4.79 Å². The number of carbonyl (C=O) groups excluding carboxylic acids is 1. The number of thioether (sulfide) groups is 1. The van der Waals surface area contributed by atoms with E-state index in [1.165, 1.54) is 11.8 Å². The van der Waals surface area contributed by atoms with Crippen LogP contribution in [-0.4, -0.2) is 31.4 Å². The minimum Gasteiger partial charge on any atom is -0.325 e. The summed E-state index contributed by atoms with van der Waals surface area (Å²) in [6.45, 7) is 0. The third kappa shape index (κ3) is 3.28. The number of nitrogens with zero attached hydrogens (tertiary/aromatic N) is 4. The van der Waals surface area contributed by atoms with Crippen LogP contribution in [0.3, 0.4) is 0 Å². The molecule has 0 atom stereocenters. The second kappa shape index (κ2) is 5.44. The molecule has 2 aromatic heterocycles. The standard InChI is InChI=1S/C10H11N5OS/c1-15-7-12-14-10(15)17-6-9(16)13-8-2-4-11-5-3-8/h2-5,7H,6H2,1H3,(H,11,13,16). The fraction of sp³-hybridized carbons (Fsp3) is 0.200. The van der Waals surface area contributed by atoms with E-state index in [0.29, 0.717) is 5.75 Å². The van der Waals surface area contributed by atoms with E-state index in [2.05, 4.69) is 20.5 Å². The SMILES string of the molecule is Cn1cnnc1SCC(=O)Nc1ccncc1. The van der Waals surface area contributed by atoms with Gasteiger partial charge in [0.2, 0.25) is 5.91 Å². The van der Waals surface area contributed by atoms with Crippen molar-refractivity contribution in [3.05, 3.63) is 30.9 Å². The second-order valence-corrected chi connectivity index (χ2v) is 4.24. The Hall–Kier alpha value is -1.89. The van der Waals surface area contributed by atoms with E-state index in [4.69, 9.17) is 0 Å². The summed E-state index contributed by atoms with van der Waals surface area (Å²) in [7, 11) is 1.84. The van der Waals surface area contributed by atoms with Crippen molar-refractivity contribution >= 4 is 23.4 Å². The number of pyridine rings is 1. The van der Waals surface area contributed by atoms with Crippen LogP contribution in [0.5, 0.6) is 0 Å². The molecule has 0 saturated heterocycles. The summed E-state index contributed by atoms with van der Waals surface area (Å²) in [6, 6.07) is 3.48. The fourth-order valence-electron chi connectivity index (χ4n) is 1.17. The van der Waals surface area contributed by atoms with E-state index in [0.717, 1.165) is 10.8 Å². The Morgan fingerprint density at radius 2 is 2.24 bits per heavy atom. The van der Waals surface area contributed by atoms with Gasteiger partial charge in [0.05, 0.1) is 5.75 Å². The van der Waals surface area contributed by atoms with Crippen molar-refractivity contribution in [2.45, 2.75) is 5.16 Å². The monoisotopic (exact) mass is 249 g/mol. The first-order valence-corrected chi connectivity index (χ1v) is 5.91. The van der Waals surface area contributed by atoms with E-state index in [1.807, 2.05) is 7.05 Å². The van der Waals surface area contributed by atoms with Crippen molar-refractivity contribution in [2.75, 3.05) is 11.1 Å². The highest BCUT2D eigenvalue weighted by atomic mass is 32.2. The smallest absolute Gasteiger partial charge is 0.234 e. The van der Waals surface area contributed by atoms with Crippen molar-refractivity contribution in [3.8, 4) is 0 Å². The molecule has 0 unspecified atom stereocenters. The maximum absolute atomic E-state index is 11.6. The lowest BCUT2D eigenvalue weighted by Crippen LogP contribution is -2.14. The summed E-state index contributed by atoms with van der Waals surface area (Å²) in [5.74, 6) is 0.221. The molecule has 6 nitrogen and oxygen atoms in total. The Morgan fingerprint density at radius 1 is 1.47 bits per heavy atom. The van der Waals surface area contributed by atoms with Crippen LogP contribution in [-0.2, 0) is 11.8 Å². The van der Waals surface area contributed by atoms with E-state index < -0.39 is 0 Å². The van der Waals surface area contributed by atoms with Crippen LogP contribution in [0.15, 0.2) is 36.0 Å². The zero-order valence-corrected chi connectivity index (χ0v) is 10.0. The third-order valence-corrected chi connectivity index (χ3v) is 3.00. The number of rotatable bonds is 4. The molecule has 2 aromatic rings. The molecule has 1 amide bonds. The molecule has 0 radical (unpaired) electrons. The Kier molecular flexibility index (Phi) is 3.71. The zero-order valence-electron chi connectivity index (χ0n) is 9.20. The third-order valence-electron chi connectivity index (χ3n) is 1.97. The number of hydrogen-bond acceptors (Lipinski definition) is 5. The Balaban J connectivity index is 1.84. The predicted octanol–water partition coefficient (Wildman–Crippen LogP) is 0.941. The normalized spacial score (nSPS) is 10.2. The summed E-state index contributed by atoms with van der Waals surface area (Å²) in [5, 5.41) is 11.1. The molecule has 0 saturated carbocycles. The lowest BCUT2D eigenvalue weighted by Gasteiger charge is -2.03. The highest BCUT2D eigenvalue weighted by molar-refractivity contribution is 7.99. The van der Waals surface area contributed by atoms with E-state index in [9.17, 15) is 4.79 Å². The molecule has 2 rings (SSSR count). The van der Waals surface area contributed by atoms with E-state index >= 15 is 0 Å². The van der Waals surface area contributed by atoms with Crippen molar-refractivity contribution in [3.63, 3.8) is 0 Å². The van der Waals surface area contributed by atoms with Crippen LogP contribution in [0.2, 0.25) is 0 Å². The van der Waals surface area contributed by atoms with Gasteiger partial charge in [-0.05, 0) is 12.1 Å². The number of nitrogens with one attached hydrogen (secondary N) is 1. The molecule has 0 bridgehead atoms. The molecule has 17 heavy (non-hydrogen) atoms. The molecule has 1 N–H and O–H groups in total. The molecule has 88 valence electrons. The van der Waals surface area contributed by atoms with E-state index in [1.54, 1.807) is 35.4 Å². The quantitative estimate of drug-likeness (QED) is 0.816. The summed E-state index contributed by atoms with van der Waals surface area (Å²) in [4.78, 5) is 15.5. The molecule has 0 fully saturated rings. The number of carbonyl (C=O) groups is 1. The van der Waals surface area contributed by atoms with Crippen LogP contribution < -0.4 is 5.32 Å². The van der Waals surface area contributed by atoms with E-state index in [-0.39, 0.29) is 5.91 Å². The molecule has 0 aliphatic heterocycles. The summed E-state index contributed by atoms with van der Waals surface area (Å²) < 4.78 is 1.77. The van der Waals surface area contributed by atoms with Gasteiger partial charge in [-0.3, -0.25) is 9.78 Å². The fourth-order valence-corrected chi connectivity index (χ4v) is 1.85.